The lowest BCUT2D eigenvalue weighted by Gasteiger charge is -2.16. The van der Waals surface area contributed by atoms with E-state index in [1.54, 1.807) is 6.92 Å². The van der Waals surface area contributed by atoms with Gasteiger partial charge >= 0.3 is 5.97 Å². The molecule has 0 saturated heterocycles. The van der Waals surface area contributed by atoms with E-state index in [-0.39, 0.29) is 12.4 Å². The van der Waals surface area contributed by atoms with Gasteiger partial charge in [0.1, 0.15) is 0 Å². The molecule has 0 bridgehead atoms. The van der Waals surface area contributed by atoms with E-state index >= 15 is 0 Å². The number of esters is 1. The Kier molecular flexibility index (Phi) is 4.07. The zero-order chi connectivity index (χ0) is 15.5. The van der Waals surface area contributed by atoms with Gasteiger partial charge in [0.15, 0.2) is 0 Å². The van der Waals surface area contributed by atoms with Gasteiger partial charge < -0.3 is 9.84 Å². The molecule has 0 heterocycles. The highest BCUT2D eigenvalue weighted by molar-refractivity contribution is 6.02. The Labute approximate surface area is 129 Å². The minimum Gasteiger partial charge on any atom is -0.466 e. The zero-order valence-electron chi connectivity index (χ0n) is 12.5. The molecule has 0 aromatic heterocycles. The number of hydrogen-bond donors (Lipinski definition) is 1. The first-order chi connectivity index (χ1) is 10.7. The number of aliphatic hydroxyl groups is 1. The quantitative estimate of drug-likeness (QED) is 0.585. The molecular formula is C19H18O3. The Morgan fingerprint density at radius 3 is 2.14 bits per heavy atom. The largest absolute Gasteiger partial charge is 0.466 e. The smallest absolute Gasteiger partial charge is 0.308 e. The summed E-state index contributed by atoms with van der Waals surface area (Å²) in [5, 5.41) is 14.7. The first-order valence-electron chi connectivity index (χ1n) is 7.44. The van der Waals surface area contributed by atoms with Crippen LogP contribution in [0.4, 0.5) is 0 Å². The van der Waals surface area contributed by atoms with Crippen molar-refractivity contribution in [2.75, 3.05) is 6.61 Å². The number of aliphatic hydroxyl groups excluding tert-OH is 1. The van der Waals surface area contributed by atoms with Crippen molar-refractivity contribution in [2.24, 2.45) is 0 Å². The van der Waals surface area contributed by atoms with Crippen LogP contribution in [0.15, 0.2) is 54.6 Å². The predicted molar refractivity (Wildman–Crippen MR) is 87.7 cm³/mol. The minimum atomic E-state index is -0.880. The number of carbonyl (C=O) groups is 1. The summed E-state index contributed by atoms with van der Waals surface area (Å²) in [5.74, 6) is -0.382. The van der Waals surface area contributed by atoms with Gasteiger partial charge in [0.25, 0.3) is 0 Å². The number of fused-ring (bicyclic) bond motifs is 2. The fourth-order valence-corrected chi connectivity index (χ4v) is 2.89. The predicted octanol–water partition coefficient (Wildman–Crippen LogP) is 3.98. The molecule has 112 valence electrons. The average Bonchev–Trinajstić information content (AvgIpc) is 2.52. The van der Waals surface area contributed by atoms with E-state index in [9.17, 15) is 9.90 Å². The van der Waals surface area contributed by atoms with E-state index in [0.29, 0.717) is 6.61 Å². The molecule has 0 unspecified atom stereocenters. The summed E-state index contributed by atoms with van der Waals surface area (Å²) in [6.07, 6.45) is -0.915. The molecule has 0 radical (unpaired) electrons. The van der Waals surface area contributed by atoms with Crippen LogP contribution in [0.25, 0.3) is 21.5 Å². The van der Waals surface area contributed by atoms with Gasteiger partial charge in [-0.15, -0.1) is 0 Å². The van der Waals surface area contributed by atoms with Gasteiger partial charge in [-0.1, -0.05) is 48.5 Å². The SMILES string of the molecule is CCOC(=O)C[C@H](O)c1c2ccccc2cc2ccccc12. The summed E-state index contributed by atoms with van der Waals surface area (Å²) in [6.45, 7) is 2.08. The molecule has 0 aliphatic carbocycles. The molecule has 0 amide bonds. The molecule has 0 fully saturated rings. The van der Waals surface area contributed by atoms with Gasteiger partial charge in [0.2, 0.25) is 0 Å². The van der Waals surface area contributed by atoms with Crippen LogP contribution in [0.5, 0.6) is 0 Å². The van der Waals surface area contributed by atoms with Gasteiger partial charge in [0.05, 0.1) is 19.1 Å². The van der Waals surface area contributed by atoms with Gasteiger partial charge in [-0.2, -0.15) is 0 Å². The van der Waals surface area contributed by atoms with Crippen molar-refractivity contribution in [1.82, 2.24) is 0 Å². The third kappa shape index (κ3) is 2.68. The summed E-state index contributed by atoms with van der Waals surface area (Å²) < 4.78 is 4.96. The molecule has 3 rings (SSSR count). The Morgan fingerprint density at radius 2 is 1.59 bits per heavy atom. The van der Waals surface area contributed by atoms with Gasteiger partial charge in [0, 0.05) is 0 Å². The standard InChI is InChI=1S/C19H18O3/c1-2-22-18(21)12-17(20)19-15-9-5-3-7-13(15)11-14-8-4-6-10-16(14)19/h3-11,17,20H,2,12H2,1H3/t17-/m0/s1. The van der Waals surface area contributed by atoms with Crippen LogP contribution >= 0.6 is 0 Å². The number of rotatable bonds is 4. The van der Waals surface area contributed by atoms with Crippen molar-refractivity contribution in [1.29, 1.82) is 0 Å². The molecule has 0 aliphatic rings. The fourth-order valence-electron chi connectivity index (χ4n) is 2.89. The Balaban J connectivity index is 2.17. The highest BCUT2D eigenvalue weighted by Gasteiger charge is 2.19. The van der Waals surface area contributed by atoms with E-state index in [4.69, 9.17) is 4.74 Å². The third-order valence-electron chi connectivity index (χ3n) is 3.81. The lowest BCUT2D eigenvalue weighted by Crippen LogP contribution is -2.10. The Bertz CT molecular complexity index is 769. The monoisotopic (exact) mass is 294 g/mol. The first kappa shape index (κ1) is 14.5. The molecule has 3 aromatic carbocycles. The molecule has 0 saturated carbocycles. The summed E-state index contributed by atoms with van der Waals surface area (Å²) >= 11 is 0. The molecular weight excluding hydrogens is 276 g/mol. The lowest BCUT2D eigenvalue weighted by atomic mass is 9.92. The molecule has 0 spiro atoms. The topological polar surface area (TPSA) is 46.5 Å². The highest BCUT2D eigenvalue weighted by Crippen LogP contribution is 2.34. The Morgan fingerprint density at radius 1 is 1.05 bits per heavy atom. The summed E-state index contributed by atoms with van der Waals surface area (Å²) in [5.41, 5.74) is 0.793. The minimum absolute atomic E-state index is 0.0359. The zero-order valence-corrected chi connectivity index (χ0v) is 12.5. The van der Waals surface area contributed by atoms with Crippen LogP contribution in [0.3, 0.4) is 0 Å². The maximum atomic E-state index is 11.7. The van der Waals surface area contributed by atoms with Crippen LogP contribution in [0.1, 0.15) is 25.0 Å². The maximum absolute atomic E-state index is 11.7. The summed E-state index contributed by atoms with van der Waals surface area (Å²) in [6, 6.07) is 17.9. The Hall–Kier alpha value is -2.39. The summed E-state index contributed by atoms with van der Waals surface area (Å²) in [7, 11) is 0. The highest BCUT2D eigenvalue weighted by atomic mass is 16.5. The van der Waals surface area contributed by atoms with E-state index in [2.05, 4.69) is 6.07 Å². The van der Waals surface area contributed by atoms with Crippen LogP contribution in [0.2, 0.25) is 0 Å². The van der Waals surface area contributed by atoms with Crippen molar-refractivity contribution in [3.8, 4) is 0 Å². The molecule has 1 N–H and O–H groups in total. The van der Waals surface area contributed by atoms with E-state index in [1.165, 1.54) is 0 Å². The van der Waals surface area contributed by atoms with Crippen molar-refractivity contribution in [2.45, 2.75) is 19.4 Å². The number of carbonyl (C=O) groups excluding carboxylic acids is 1. The second-order valence-corrected chi connectivity index (χ2v) is 5.26. The molecule has 3 heteroatoms. The number of hydrogen-bond acceptors (Lipinski definition) is 3. The van der Waals surface area contributed by atoms with Crippen LogP contribution in [0, 0.1) is 0 Å². The second kappa shape index (κ2) is 6.16. The number of ether oxygens (including phenoxy) is 1. The van der Waals surface area contributed by atoms with Crippen LogP contribution in [-0.4, -0.2) is 17.7 Å². The first-order valence-corrected chi connectivity index (χ1v) is 7.44. The van der Waals surface area contributed by atoms with Gasteiger partial charge in [-0.25, -0.2) is 0 Å². The van der Waals surface area contributed by atoms with Crippen molar-refractivity contribution >= 4 is 27.5 Å². The van der Waals surface area contributed by atoms with Gasteiger partial charge in [-0.3, -0.25) is 4.79 Å². The molecule has 22 heavy (non-hydrogen) atoms. The molecule has 0 aliphatic heterocycles. The maximum Gasteiger partial charge on any atom is 0.308 e. The van der Waals surface area contributed by atoms with Crippen molar-refractivity contribution in [3.63, 3.8) is 0 Å². The van der Waals surface area contributed by atoms with Crippen molar-refractivity contribution in [3.05, 3.63) is 60.2 Å². The molecule has 3 aromatic rings. The van der Waals surface area contributed by atoms with Crippen molar-refractivity contribution < 1.29 is 14.6 Å². The van der Waals surface area contributed by atoms with E-state index in [0.717, 1.165) is 27.1 Å². The van der Waals surface area contributed by atoms with Crippen LogP contribution < -0.4 is 0 Å². The molecule has 1 atom stereocenters. The van der Waals surface area contributed by atoms with E-state index < -0.39 is 6.10 Å². The second-order valence-electron chi connectivity index (χ2n) is 5.26. The normalized spacial score (nSPS) is 12.5. The molecule has 3 nitrogen and oxygen atoms in total. The lowest BCUT2D eigenvalue weighted by molar-refractivity contribution is -0.145. The van der Waals surface area contributed by atoms with Gasteiger partial charge in [-0.05, 0) is 40.1 Å². The van der Waals surface area contributed by atoms with E-state index in [1.807, 2.05) is 48.5 Å². The summed E-state index contributed by atoms with van der Waals surface area (Å²) in [4.78, 5) is 11.7. The number of benzene rings is 3. The average molecular weight is 294 g/mol. The third-order valence-corrected chi connectivity index (χ3v) is 3.81. The fraction of sp³-hybridized carbons (Fsp3) is 0.211. The van der Waals surface area contributed by atoms with Crippen LogP contribution in [-0.2, 0) is 9.53 Å².